The van der Waals surface area contributed by atoms with Gasteiger partial charge in [-0.3, -0.25) is 0 Å². The van der Waals surface area contributed by atoms with Gasteiger partial charge >= 0.3 is 0 Å². The summed E-state index contributed by atoms with van der Waals surface area (Å²) in [6.07, 6.45) is 0.487. The third-order valence-corrected chi connectivity index (χ3v) is 4.34. The Balaban J connectivity index is 1.86. The summed E-state index contributed by atoms with van der Waals surface area (Å²) in [5.41, 5.74) is 8.71. The van der Waals surface area contributed by atoms with Gasteiger partial charge in [0.2, 0.25) is 0 Å². The van der Waals surface area contributed by atoms with E-state index in [4.69, 9.17) is 17.3 Å². The zero-order chi connectivity index (χ0) is 14.8. The average molecular weight is 319 g/mol. The van der Waals surface area contributed by atoms with Gasteiger partial charge in [0, 0.05) is 17.4 Å². The molecule has 2 nitrogen and oxygen atoms in total. The molecule has 106 valence electrons. The lowest BCUT2D eigenvalue weighted by atomic mass is 10.1. The fourth-order valence-electron chi connectivity index (χ4n) is 2.03. The van der Waals surface area contributed by atoms with E-state index in [0.717, 1.165) is 16.3 Å². The van der Waals surface area contributed by atoms with Crippen molar-refractivity contribution in [3.05, 3.63) is 69.3 Å². The predicted octanol–water partition coefficient (Wildman–Crippen LogP) is 4.78. The number of aromatic nitrogens is 1. The topological polar surface area (TPSA) is 38.9 Å². The zero-order valence-electron chi connectivity index (χ0n) is 11.0. The van der Waals surface area contributed by atoms with E-state index < -0.39 is 0 Å². The molecule has 0 aliphatic rings. The van der Waals surface area contributed by atoms with Crippen molar-refractivity contribution in [1.29, 1.82) is 0 Å². The Morgan fingerprint density at radius 3 is 2.76 bits per heavy atom. The second-order valence-corrected chi connectivity index (χ2v) is 5.98. The van der Waals surface area contributed by atoms with Crippen LogP contribution in [0.4, 0.5) is 10.1 Å². The van der Waals surface area contributed by atoms with Crippen LogP contribution in [0.25, 0.3) is 11.3 Å². The van der Waals surface area contributed by atoms with Crippen LogP contribution >= 0.6 is 22.9 Å². The SMILES string of the molecule is Nc1cc(-c2csc(Cc3ccccc3F)n2)ccc1Cl. The number of anilines is 1. The Kier molecular flexibility index (Phi) is 3.90. The number of thiazole rings is 1. The van der Waals surface area contributed by atoms with Crippen molar-refractivity contribution in [2.45, 2.75) is 6.42 Å². The van der Waals surface area contributed by atoms with Crippen LogP contribution in [0, 0.1) is 5.82 Å². The summed E-state index contributed by atoms with van der Waals surface area (Å²) in [5.74, 6) is -0.204. The molecule has 21 heavy (non-hydrogen) atoms. The number of hydrogen-bond acceptors (Lipinski definition) is 3. The Bertz CT molecular complexity index is 785. The van der Waals surface area contributed by atoms with E-state index in [9.17, 15) is 4.39 Å². The predicted molar refractivity (Wildman–Crippen MR) is 86.2 cm³/mol. The molecule has 2 N–H and O–H groups in total. The number of hydrogen-bond donors (Lipinski definition) is 1. The second kappa shape index (κ2) is 5.84. The summed E-state index contributed by atoms with van der Waals surface area (Å²) in [7, 11) is 0. The molecule has 3 aromatic rings. The standard InChI is InChI=1S/C16H12ClFN2S/c17-12-6-5-11(7-14(12)19)15-9-21-16(20-15)8-10-3-1-2-4-13(10)18/h1-7,9H,8,19H2. The minimum Gasteiger partial charge on any atom is -0.398 e. The van der Waals surface area contributed by atoms with Crippen LogP contribution in [0.3, 0.4) is 0 Å². The summed E-state index contributed by atoms with van der Waals surface area (Å²) in [6.45, 7) is 0. The van der Waals surface area contributed by atoms with E-state index >= 15 is 0 Å². The third kappa shape index (κ3) is 3.06. The lowest BCUT2D eigenvalue weighted by Gasteiger charge is -2.01. The minimum absolute atomic E-state index is 0.204. The largest absolute Gasteiger partial charge is 0.398 e. The number of nitrogens with two attached hydrogens (primary N) is 1. The summed E-state index contributed by atoms with van der Waals surface area (Å²) in [6, 6.07) is 12.2. The molecule has 0 atom stereocenters. The maximum Gasteiger partial charge on any atom is 0.126 e. The highest BCUT2D eigenvalue weighted by atomic mass is 35.5. The van der Waals surface area contributed by atoms with Crippen molar-refractivity contribution in [3.63, 3.8) is 0 Å². The van der Waals surface area contributed by atoms with Crippen LogP contribution in [0.5, 0.6) is 0 Å². The zero-order valence-corrected chi connectivity index (χ0v) is 12.6. The van der Waals surface area contributed by atoms with Gasteiger partial charge in [-0.25, -0.2) is 9.37 Å². The molecule has 0 unspecified atom stereocenters. The van der Waals surface area contributed by atoms with E-state index in [2.05, 4.69) is 4.98 Å². The van der Waals surface area contributed by atoms with E-state index in [1.165, 1.54) is 17.4 Å². The van der Waals surface area contributed by atoms with Crippen LogP contribution in [0.15, 0.2) is 47.8 Å². The molecule has 0 saturated heterocycles. The molecule has 1 aromatic heterocycles. The van der Waals surface area contributed by atoms with Gasteiger partial charge in [-0.05, 0) is 23.8 Å². The highest BCUT2D eigenvalue weighted by Crippen LogP contribution is 2.28. The molecule has 5 heteroatoms. The van der Waals surface area contributed by atoms with Crippen LogP contribution in [-0.2, 0) is 6.42 Å². The fourth-order valence-corrected chi connectivity index (χ4v) is 2.98. The van der Waals surface area contributed by atoms with Crippen LogP contribution in [0.2, 0.25) is 5.02 Å². The molecule has 1 heterocycles. The summed E-state index contributed by atoms with van der Waals surface area (Å²) >= 11 is 7.42. The lowest BCUT2D eigenvalue weighted by molar-refractivity contribution is 0.614. The van der Waals surface area contributed by atoms with Crippen molar-refractivity contribution in [2.24, 2.45) is 0 Å². The van der Waals surface area contributed by atoms with Crippen LogP contribution < -0.4 is 5.73 Å². The quantitative estimate of drug-likeness (QED) is 0.706. The normalized spacial score (nSPS) is 10.8. The van der Waals surface area contributed by atoms with Gasteiger partial charge in [0.15, 0.2) is 0 Å². The van der Waals surface area contributed by atoms with Gasteiger partial charge in [-0.1, -0.05) is 35.9 Å². The summed E-state index contributed by atoms with van der Waals surface area (Å²) < 4.78 is 13.6. The Morgan fingerprint density at radius 2 is 2.00 bits per heavy atom. The van der Waals surface area contributed by atoms with Gasteiger partial charge < -0.3 is 5.73 Å². The molecule has 0 fully saturated rings. The molecule has 0 spiro atoms. The molecular formula is C16H12ClFN2S. The molecule has 0 aliphatic carbocycles. The molecule has 0 amide bonds. The highest BCUT2D eigenvalue weighted by molar-refractivity contribution is 7.10. The average Bonchev–Trinajstić information content (AvgIpc) is 2.93. The molecule has 0 bridgehead atoms. The number of benzene rings is 2. The maximum absolute atomic E-state index is 13.6. The first-order chi connectivity index (χ1) is 10.1. The van der Waals surface area contributed by atoms with E-state index in [0.29, 0.717) is 22.7 Å². The first-order valence-electron chi connectivity index (χ1n) is 6.36. The Morgan fingerprint density at radius 1 is 1.19 bits per heavy atom. The monoisotopic (exact) mass is 318 g/mol. The molecule has 3 rings (SSSR count). The Labute approximate surface area is 131 Å². The molecule has 0 aliphatic heterocycles. The summed E-state index contributed by atoms with van der Waals surface area (Å²) in [5, 5.41) is 3.34. The van der Waals surface area contributed by atoms with Gasteiger partial charge in [0.25, 0.3) is 0 Å². The summed E-state index contributed by atoms with van der Waals surface area (Å²) in [4.78, 5) is 4.54. The number of halogens is 2. The maximum atomic E-state index is 13.6. The highest BCUT2D eigenvalue weighted by Gasteiger charge is 2.09. The Hall–Kier alpha value is -1.91. The third-order valence-electron chi connectivity index (χ3n) is 3.14. The molecular weight excluding hydrogens is 307 g/mol. The molecule has 0 saturated carbocycles. The van der Waals surface area contributed by atoms with Crippen molar-refractivity contribution in [1.82, 2.24) is 4.98 Å². The van der Waals surface area contributed by atoms with E-state index in [-0.39, 0.29) is 5.82 Å². The van der Waals surface area contributed by atoms with Crippen molar-refractivity contribution in [3.8, 4) is 11.3 Å². The van der Waals surface area contributed by atoms with Gasteiger partial charge in [0.05, 0.1) is 21.4 Å². The lowest BCUT2D eigenvalue weighted by Crippen LogP contribution is -1.92. The van der Waals surface area contributed by atoms with Crippen molar-refractivity contribution >= 4 is 28.6 Å². The molecule has 2 aromatic carbocycles. The van der Waals surface area contributed by atoms with Gasteiger partial charge in [-0.15, -0.1) is 11.3 Å². The van der Waals surface area contributed by atoms with Crippen molar-refractivity contribution < 1.29 is 4.39 Å². The smallest absolute Gasteiger partial charge is 0.126 e. The van der Waals surface area contributed by atoms with Crippen molar-refractivity contribution in [2.75, 3.05) is 5.73 Å². The first-order valence-corrected chi connectivity index (χ1v) is 7.62. The fraction of sp³-hybridized carbons (Fsp3) is 0.0625. The molecule has 0 radical (unpaired) electrons. The van der Waals surface area contributed by atoms with E-state index in [1.54, 1.807) is 24.3 Å². The number of rotatable bonds is 3. The van der Waals surface area contributed by atoms with Crippen LogP contribution in [-0.4, -0.2) is 4.98 Å². The van der Waals surface area contributed by atoms with Gasteiger partial charge in [0.1, 0.15) is 5.82 Å². The van der Waals surface area contributed by atoms with Gasteiger partial charge in [-0.2, -0.15) is 0 Å². The van der Waals surface area contributed by atoms with E-state index in [1.807, 2.05) is 17.5 Å². The number of nitrogen functional groups attached to an aromatic ring is 1. The first kappa shape index (κ1) is 14.0. The second-order valence-electron chi connectivity index (χ2n) is 4.63. The minimum atomic E-state index is -0.204. The van der Waals surface area contributed by atoms with Crippen LogP contribution in [0.1, 0.15) is 10.6 Å². The number of nitrogens with zero attached hydrogens (tertiary/aromatic N) is 1.